The third-order valence-electron chi connectivity index (χ3n) is 26.4. The third kappa shape index (κ3) is 20.8. The molecule has 722 valence electrons. The Morgan fingerprint density at radius 1 is 0.471 bits per heavy atom. The summed E-state index contributed by atoms with van der Waals surface area (Å²) in [6.07, 6.45) is 3.69. The molecule has 8 aromatic carbocycles. The van der Waals surface area contributed by atoms with Gasteiger partial charge in [0.25, 0.3) is 23.7 Å². The fourth-order valence-electron chi connectivity index (χ4n) is 18.2. The zero-order valence-corrected chi connectivity index (χ0v) is 78.7. The van der Waals surface area contributed by atoms with Crippen LogP contribution >= 0.6 is 15.9 Å². The van der Waals surface area contributed by atoms with Gasteiger partial charge >= 0.3 is 6.18 Å². The maximum atomic E-state index is 14.6. The number of aromatic nitrogens is 2. The van der Waals surface area contributed by atoms with Crippen molar-refractivity contribution in [3.63, 3.8) is 0 Å². The van der Waals surface area contributed by atoms with Gasteiger partial charge in [-0.15, -0.1) is 0 Å². The van der Waals surface area contributed by atoms with Gasteiger partial charge in [0.1, 0.15) is 38.9 Å². The van der Waals surface area contributed by atoms with Crippen LogP contribution in [0, 0.1) is 41.0 Å². The van der Waals surface area contributed by atoms with E-state index in [9.17, 15) is 77.1 Å². The summed E-state index contributed by atoms with van der Waals surface area (Å²) >= 11 is 3.38. The molecule has 2 fully saturated rings. The van der Waals surface area contributed by atoms with Gasteiger partial charge in [-0.25, -0.2) is 65.1 Å². The van der Waals surface area contributed by atoms with Gasteiger partial charge in [-0.2, -0.15) is 13.2 Å². The molecule has 6 aliphatic heterocycles. The molecule has 10 N–H and O–H groups in total. The van der Waals surface area contributed by atoms with E-state index in [1.165, 1.54) is 132 Å². The van der Waals surface area contributed by atoms with Gasteiger partial charge in [-0.1, -0.05) is 166 Å². The molecule has 0 spiro atoms. The highest BCUT2D eigenvalue weighted by molar-refractivity contribution is 9.10. The zero-order chi connectivity index (χ0) is 100. The van der Waals surface area contributed by atoms with Gasteiger partial charge in [0.05, 0.1) is 40.8 Å². The lowest BCUT2D eigenvalue weighted by molar-refractivity contribution is -0.138. The molecule has 1 saturated carbocycles. The standard InChI is InChI=1S/C28H28N4O2.2C21H21F4N3O.C18H17F3N4O.C14H17BrN4O/c29-27-30-28(23-14-6-2-7-15-23,24-16-8-3-9-17-24)26(34)32(27)20-21-11-10-18-31(19-21)25(33)22-12-4-1-5-13-22;2*1-4-21(24,25)13-7-5-12(6-8-13)17-18(29)28(3)19(26)27-20(17,2)15-10-9-14(22)11-16(15)23;1-17(8-15(26)25(2)16(22)24-17)14-7-12(9-23-10-14)11-4-3-5-13(6-11)18(19,20)21;1-14(9-5-6-17-10(15)7-9)11(8-3-4-8)12(20)19(2)13(16)18-14/h1-9,12-17,21H,10-11,18-20H2,(H2,29,30);2*5-11,17H,4H2,1-3H3,(H2,26,27);3-7,9-10H,8H2,1-2H3,(H2,22,24);5-8,11H,3-4H2,1-2H3,(H2,16,18)/t21-;17-,20+;17-,20-;17-;11-,14+/m00100/s1. The maximum absolute atomic E-state index is 14.6. The lowest BCUT2D eigenvalue weighted by Gasteiger charge is -2.41. The number of likely N-dealkylation sites (N-methyl/N-ethyl adjacent to an activating group) is 2. The highest BCUT2D eigenvalue weighted by Crippen LogP contribution is 2.53. The van der Waals surface area contributed by atoms with E-state index in [2.05, 4.69) is 45.9 Å². The molecular weight excluding hydrogens is 1860 g/mol. The van der Waals surface area contributed by atoms with Gasteiger partial charge in [0.2, 0.25) is 23.6 Å². The predicted molar refractivity (Wildman–Crippen MR) is 506 cm³/mol. The van der Waals surface area contributed by atoms with Crippen LogP contribution < -0.4 is 28.7 Å². The Labute approximate surface area is 799 Å². The van der Waals surface area contributed by atoms with Crippen molar-refractivity contribution in [1.29, 1.82) is 0 Å². The van der Waals surface area contributed by atoms with Crippen molar-refractivity contribution in [2.75, 3.05) is 47.8 Å². The number of nitrogens with zero attached hydrogens (tertiary/aromatic N) is 13. The summed E-state index contributed by atoms with van der Waals surface area (Å²) < 4.78 is 151. The van der Waals surface area contributed by atoms with Gasteiger partial charge < -0.3 is 33.6 Å². The van der Waals surface area contributed by atoms with E-state index in [1.54, 1.807) is 43.4 Å². The predicted octanol–water partition coefficient (Wildman–Crippen LogP) is 17.2. The van der Waals surface area contributed by atoms with Crippen molar-refractivity contribution < 1.29 is 77.1 Å². The second kappa shape index (κ2) is 40.3. The van der Waals surface area contributed by atoms with Crippen LogP contribution in [0.25, 0.3) is 11.1 Å². The minimum absolute atomic E-state index is 0.0173. The first-order valence-corrected chi connectivity index (χ1v) is 45.2. The summed E-state index contributed by atoms with van der Waals surface area (Å²) in [4.78, 5) is 117. The van der Waals surface area contributed by atoms with Crippen molar-refractivity contribution in [1.82, 2.24) is 39.4 Å². The number of guanidine groups is 5. The van der Waals surface area contributed by atoms with Crippen LogP contribution in [0.5, 0.6) is 0 Å². The number of aliphatic imine (C=N–C) groups is 5. The molecule has 8 atom stereocenters. The molecule has 1 saturated heterocycles. The van der Waals surface area contributed by atoms with Crippen LogP contribution in [0.15, 0.2) is 267 Å². The first kappa shape index (κ1) is 101. The van der Waals surface area contributed by atoms with Crippen LogP contribution in [0.4, 0.5) is 48.3 Å². The van der Waals surface area contributed by atoms with Crippen molar-refractivity contribution in [3.05, 3.63) is 332 Å². The fraction of sp³-hybridized carbons (Fsp3) is 0.324. The third-order valence-corrected chi connectivity index (χ3v) is 26.8. The average molecular weight is 1970 g/mol. The van der Waals surface area contributed by atoms with Crippen LogP contribution in [0.3, 0.4) is 0 Å². The van der Waals surface area contributed by atoms with E-state index in [0.717, 1.165) is 87.6 Å². The molecule has 6 amide bonds. The molecule has 0 unspecified atom stereocenters. The highest BCUT2D eigenvalue weighted by Gasteiger charge is 2.56. The number of benzene rings is 8. The second-order valence-corrected chi connectivity index (χ2v) is 36.4. The topological polar surface area (TPSA) is 340 Å². The molecule has 10 aromatic rings. The molecule has 2 aromatic heterocycles. The Hall–Kier alpha value is -14.1. The van der Waals surface area contributed by atoms with Gasteiger partial charge in [0, 0.05) is 125 Å². The van der Waals surface area contributed by atoms with Crippen LogP contribution in [-0.4, -0.2) is 152 Å². The fourth-order valence-corrected chi connectivity index (χ4v) is 18.5. The molecule has 24 nitrogen and oxygen atoms in total. The molecular formula is C102H104BrF11N18O6. The summed E-state index contributed by atoms with van der Waals surface area (Å²) in [7, 11) is 6.08. The van der Waals surface area contributed by atoms with Gasteiger partial charge in [-0.05, 0) is 175 Å². The van der Waals surface area contributed by atoms with Crippen molar-refractivity contribution in [2.45, 2.75) is 144 Å². The Morgan fingerprint density at radius 3 is 1.41 bits per heavy atom. The molecule has 0 bridgehead atoms. The summed E-state index contributed by atoms with van der Waals surface area (Å²) in [5.74, 6) is -11.8. The van der Waals surface area contributed by atoms with Gasteiger partial charge in [-0.3, -0.25) is 58.3 Å². The molecule has 0 radical (unpaired) electrons. The summed E-state index contributed by atoms with van der Waals surface area (Å²) in [5, 5.41) is 0. The van der Waals surface area contributed by atoms with E-state index < -0.39 is 98.2 Å². The quantitative estimate of drug-likeness (QED) is 0.0419. The summed E-state index contributed by atoms with van der Waals surface area (Å²) in [6, 6.07) is 55.7. The monoisotopic (exact) mass is 1960 g/mol. The normalized spacial score (nSPS) is 22.7. The Kier molecular flexibility index (Phi) is 29.6. The number of nitrogens with two attached hydrogens (primary N) is 5. The number of carbonyl (C=O) groups is 6. The molecule has 17 rings (SSSR count). The minimum atomic E-state index is -4.42. The van der Waals surface area contributed by atoms with Crippen LogP contribution in [0.1, 0.15) is 170 Å². The lowest BCUT2D eigenvalue weighted by atomic mass is 9.74. The SMILES string of the molecule is CCC(F)(F)c1ccc([C@@H]2C(=O)N(C)C(N)=N[C@]2(C)c2ccc(F)cc2F)cc1.CCC(F)(F)c1ccc([C@H]2C(=O)N(C)C(N)=N[C@]2(C)c2ccc(F)cc2F)cc1.CN1C(=O)C[C@@](C)(c2cncc(-c3cccc(C(F)(F)F)c3)c2)N=C1N.CN1C(=O)[C@H](C2CC2)[C@@](C)(c2ccnc(Br)c2)N=C1N.NC1=NC(c2ccccc2)(c2ccccc2)C(=O)N1C[C@H]1CCCN(C(=O)c2ccccc2)C1. The molecule has 7 aliphatic rings. The Balaban J connectivity index is 0.000000147. The summed E-state index contributed by atoms with van der Waals surface area (Å²) in [5.41, 5.74) is 28.5. The molecule has 36 heteroatoms. The van der Waals surface area contributed by atoms with E-state index >= 15 is 0 Å². The minimum Gasteiger partial charge on any atom is -0.369 e. The number of pyridine rings is 2. The number of amides is 6. The number of likely N-dealkylation sites (tertiary alicyclic amines) is 1. The molecule has 8 heterocycles. The van der Waals surface area contributed by atoms with Crippen molar-refractivity contribution >= 4 is 81.2 Å². The average Bonchev–Trinajstić information content (AvgIpc) is 0.759. The largest absolute Gasteiger partial charge is 0.416 e. The van der Waals surface area contributed by atoms with Crippen LogP contribution in [0.2, 0.25) is 0 Å². The lowest BCUT2D eigenvalue weighted by Crippen LogP contribution is -2.54. The first-order valence-electron chi connectivity index (χ1n) is 44.4. The van der Waals surface area contributed by atoms with Crippen LogP contribution in [-0.2, 0) is 69.7 Å². The number of rotatable bonds is 17. The van der Waals surface area contributed by atoms with E-state index in [-0.39, 0.29) is 107 Å². The molecule has 138 heavy (non-hydrogen) atoms. The van der Waals surface area contributed by atoms with E-state index in [1.807, 2.05) is 115 Å². The maximum Gasteiger partial charge on any atom is 0.416 e. The number of piperidine rings is 1. The Morgan fingerprint density at radius 2 is 0.949 bits per heavy atom. The summed E-state index contributed by atoms with van der Waals surface area (Å²) in [6.45, 7) is 11.3. The zero-order valence-electron chi connectivity index (χ0n) is 77.2. The first-order chi connectivity index (χ1) is 65.1. The number of alkyl halides is 7. The van der Waals surface area contributed by atoms with Crippen molar-refractivity contribution in [2.24, 2.45) is 71.4 Å². The second-order valence-electron chi connectivity index (χ2n) is 35.6. The highest BCUT2D eigenvalue weighted by atomic mass is 79.9. The smallest absolute Gasteiger partial charge is 0.369 e. The van der Waals surface area contributed by atoms with E-state index in [0.29, 0.717) is 64.5 Å². The number of carbonyl (C=O) groups excluding carboxylic acids is 6. The molecule has 1 aliphatic carbocycles. The van der Waals surface area contributed by atoms with E-state index in [4.69, 9.17) is 33.7 Å². The number of halogens is 12. The number of hydrogen-bond donors (Lipinski definition) is 5. The number of hydrogen-bond acceptors (Lipinski definition) is 18. The Bertz CT molecular complexity index is 6200. The van der Waals surface area contributed by atoms with Crippen molar-refractivity contribution in [3.8, 4) is 11.1 Å². The van der Waals surface area contributed by atoms with Gasteiger partial charge in [0.15, 0.2) is 35.3 Å².